The summed E-state index contributed by atoms with van der Waals surface area (Å²) in [7, 11) is 0. The number of hydrogen-bond acceptors (Lipinski definition) is 6. The van der Waals surface area contributed by atoms with Gasteiger partial charge in [-0.1, -0.05) is 48.5 Å². The first-order valence-electron chi connectivity index (χ1n) is 11.2. The standard InChI is InChI=1S/C25H28N2O6S/c1-34-13-11-21(23(28)26-20-10-12-32-22(20)24(29)30)27-25(31)33-14-19-17-8-4-2-6-15(17)16-7-3-5-9-18(16)19/h2-9,19-22H,10-14H2,1H3,(H,26,28)(H,27,31)(H,29,30)/t20?,21-,22?/m0/s1. The van der Waals surface area contributed by atoms with Crippen LogP contribution in [-0.4, -0.2) is 66.5 Å². The largest absolute Gasteiger partial charge is 0.479 e. The van der Waals surface area contributed by atoms with Crippen LogP contribution in [-0.2, 0) is 19.1 Å². The maximum atomic E-state index is 12.9. The van der Waals surface area contributed by atoms with E-state index in [1.54, 1.807) is 11.8 Å². The Morgan fingerprint density at radius 3 is 2.38 bits per heavy atom. The minimum Gasteiger partial charge on any atom is -0.479 e. The highest BCUT2D eigenvalue weighted by Crippen LogP contribution is 2.44. The number of aliphatic carboxylic acids is 1. The second kappa shape index (κ2) is 10.9. The first-order valence-corrected chi connectivity index (χ1v) is 12.6. The molecule has 2 aromatic carbocycles. The maximum absolute atomic E-state index is 12.9. The Balaban J connectivity index is 1.39. The third-order valence-corrected chi connectivity index (χ3v) is 6.87. The lowest BCUT2D eigenvalue weighted by Gasteiger charge is -2.22. The molecular weight excluding hydrogens is 456 g/mol. The van der Waals surface area contributed by atoms with Crippen LogP contribution in [0.1, 0.15) is 29.9 Å². The summed E-state index contributed by atoms with van der Waals surface area (Å²) in [5.74, 6) is -0.994. The number of nitrogens with one attached hydrogen (secondary N) is 2. The van der Waals surface area contributed by atoms with Gasteiger partial charge in [0.2, 0.25) is 5.91 Å². The Hall–Kier alpha value is -3.04. The molecule has 0 saturated carbocycles. The van der Waals surface area contributed by atoms with Gasteiger partial charge in [0, 0.05) is 12.5 Å². The summed E-state index contributed by atoms with van der Waals surface area (Å²) in [5.41, 5.74) is 4.48. The molecule has 0 spiro atoms. The van der Waals surface area contributed by atoms with Crippen LogP contribution in [0.3, 0.4) is 0 Å². The zero-order chi connectivity index (χ0) is 24.1. The number of ether oxygens (including phenoxy) is 2. The second-order valence-corrected chi connectivity index (χ2v) is 9.32. The van der Waals surface area contributed by atoms with Crippen LogP contribution >= 0.6 is 11.8 Å². The van der Waals surface area contributed by atoms with Crippen LogP contribution in [0.5, 0.6) is 0 Å². The predicted molar refractivity (Wildman–Crippen MR) is 129 cm³/mol. The summed E-state index contributed by atoms with van der Waals surface area (Å²) in [6, 6.07) is 14.7. The summed E-state index contributed by atoms with van der Waals surface area (Å²) in [4.78, 5) is 36.9. The zero-order valence-corrected chi connectivity index (χ0v) is 19.7. The number of carbonyl (C=O) groups excluding carboxylic acids is 2. The van der Waals surface area contributed by atoms with Crippen molar-refractivity contribution in [3.8, 4) is 11.1 Å². The summed E-state index contributed by atoms with van der Waals surface area (Å²) >= 11 is 1.55. The first-order chi connectivity index (χ1) is 16.5. The fourth-order valence-electron chi connectivity index (χ4n) is 4.55. The van der Waals surface area contributed by atoms with Crippen molar-refractivity contribution in [2.45, 2.75) is 36.9 Å². The Kier molecular flexibility index (Phi) is 7.74. The number of thioether (sulfide) groups is 1. The molecule has 1 fully saturated rings. The van der Waals surface area contributed by atoms with Crippen molar-refractivity contribution >= 4 is 29.7 Å². The Labute approximate surface area is 202 Å². The molecule has 3 N–H and O–H groups in total. The molecule has 9 heteroatoms. The summed E-state index contributed by atoms with van der Waals surface area (Å²) < 4.78 is 10.8. The Bertz CT molecular complexity index is 1020. The van der Waals surface area contributed by atoms with Gasteiger partial charge in [-0.3, -0.25) is 4.79 Å². The van der Waals surface area contributed by atoms with Gasteiger partial charge >= 0.3 is 12.1 Å². The molecule has 2 amide bonds. The number of rotatable bonds is 9. The highest BCUT2D eigenvalue weighted by atomic mass is 32.2. The van der Waals surface area contributed by atoms with E-state index in [1.807, 2.05) is 42.7 Å². The monoisotopic (exact) mass is 484 g/mol. The van der Waals surface area contributed by atoms with Crippen LogP contribution in [0.4, 0.5) is 4.79 Å². The zero-order valence-electron chi connectivity index (χ0n) is 18.9. The van der Waals surface area contributed by atoms with Crippen molar-refractivity contribution < 1.29 is 29.0 Å². The van der Waals surface area contributed by atoms with Gasteiger partial charge in [0.25, 0.3) is 0 Å². The van der Waals surface area contributed by atoms with Gasteiger partial charge in [-0.25, -0.2) is 9.59 Å². The van der Waals surface area contributed by atoms with Gasteiger partial charge < -0.3 is 25.2 Å². The summed E-state index contributed by atoms with van der Waals surface area (Å²) in [6.45, 7) is 0.408. The molecule has 180 valence electrons. The van der Waals surface area contributed by atoms with Crippen molar-refractivity contribution in [3.05, 3.63) is 59.7 Å². The van der Waals surface area contributed by atoms with Crippen LogP contribution in [0, 0.1) is 0 Å². The first kappa shape index (κ1) is 24.1. The molecule has 1 heterocycles. The topological polar surface area (TPSA) is 114 Å². The fourth-order valence-corrected chi connectivity index (χ4v) is 5.02. The highest BCUT2D eigenvalue weighted by molar-refractivity contribution is 7.98. The van der Waals surface area contributed by atoms with E-state index in [0.29, 0.717) is 18.6 Å². The quantitative estimate of drug-likeness (QED) is 0.501. The molecule has 34 heavy (non-hydrogen) atoms. The molecule has 8 nitrogen and oxygen atoms in total. The number of hydrogen-bond donors (Lipinski definition) is 3. The van der Waals surface area contributed by atoms with E-state index in [4.69, 9.17) is 9.47 Å². The Morgan fingerprint density at radius 2 is 1.76 bits per heavy atom. The van der Waals surface area contributed by atoms with Gasteiger partial charge in [0.05, 0.1) is 6.04 Å². The van der Waals surface area contributed by atoms with Gasteiger partial charge in [-0.2, -0.15) is 11.8 Å². The van der Waals surface area contributed by atoms with E-state index in [0.717, 1.165) is 22.3 Å². The number of alkyl carbamates (subject to hydrolysis) is 1. The van der Waals surface area contributed by atoms with E-state index < -0.39 is 36.2 Å². The fraction of sp³-hybridized carbons (Fsp3) is 0.400. The smallest absolute Gasteiger partial charge is 0.407 e. The van der Waals surface area contributed by atoms with Crippen LogP contribution in [0.25, 0.3) is 11.1 Å². The average Bonchev–Trinajstić information content (AvgIpc) is 3.43. The maximum Gasteiger partial charge on any atom is 0.407 e. The minimum absolute atomic E-state index is 0.0800. The van der Waals surface area contributed by atoms with Crippen LogP contribution < -0.4 is 10.6 Å². The lowest BCUT2D eigenvalue weighted by molar-refractivity contribution is -0.148. The van der Waals surface area contributed by atoms with E-state index in [2.05, 4.69) is 22.8 Å². The van der Waals surface area contributed by atoms with Crippen molar-refractivity contribution in [2.24, 2.45) is 0 Å². The third-order valence-electron chi connectivity index (χ3n) is 6.23. The molecule has 0 aromatic heterocycles. The third kappa shape index (κ3) is 5.20. The molecule has 2 aliphatic rings. The number of carboxylic acids is 1. The molecular formula is C25H28N2O6S. The lowest BCUT2D eigenvalue weighted by Crippen LogP contribution is -2.53. The number of amides is 2. The average molecular weight is 485 g/mol. The number of carbonyl (C=O) groups is 3. The van der Waals surface area contributed by atoms with E-state index in [-0.39, 0.29) is 19.1 Å². The number of carboxylic acid groups (broad SMARTS) is 1. The van der Waals surface area contributed by atoms with Crippen molar-refractivity contribution in [3.63, 3.8) is 0 Å². The molecule has 2 unspecified atom stereocenters. The van der Waals surface area contributed by atoms with E-state index in [9.17, 15) is 19.5 Å². The lowest BCUT2D eigenvalue weighted by atomic mass is 9.98. The Morgan fingerprint density at radius 1 is 1.12 bits per heavy atom. The minimum atomic E-state index is -1.12. The van der Waals surface area contributed by atoms with Gasteiger partial charge in [-0.05, 0) is 47.1 Å². The van der Waals surface area contributed by atoms with Crippen LogP contribution in [0.2, 0.25) is 0 Å². The molecule has 4 rings (SSSR count). The van der Waals surface area contributed by atoms with Crippen LogP contribution in [0.15, 0.2) is 48.5 Å². The molecule has 1 saturated heterocycles. The predicted octanol–water partition coefficient (Wildman–Crippen LogP) is 3.01. The van der Waals surface area contributed by atoms with Crippen molar-refractivity contribution in [1.29, 1.82) is 0 Å². The van der Waals surface area contributed by atoms with Gasteiger partial charge in [-0.15, -0.1) is 0 Å². The second-order valence-electron chi connectivity index (χ2n) is 8.34. The summed E-state index contributed by atoms with van der Waals surface area (Å²) in [6.07, 6.45) is 0.944. The van der Waals surface area contributed by atoms with E-state index >= 15 is 0 Å². The van der Waals surface area contributed by atoms with E-state index in [1.165, 1.54) is 0 Å². The van der Waals surface area contributed by atoms with Crippen molar-refractivity contribution in [1.82, 2.24) is 10.6 Å². The van der Waals surface area contributed by atoms with Gasteiger partial charge in [0.1, 0.15) is 12.6 Å². The molecule has 1 aliphatic carbocycles. The molecule has 1 aliphatic heterocycles. The van der Waals surface area contributed by atoms with Crippen molar-refractivity contribution in [2.75, 3.05) is 25.2 Å². The molecule has 0 bridgehead atoms. The number of benzene rings is 2. The molecule has 3 atom stereocenters. The summed E-state index contributed by atoms with van der Waals surface area (Å²) in [5, 5.41) is 14.7. The normalized spacial score (nSPS) is 19.7. The highest BCUT2D eigenvalue weighted by Gasteiger charge is 2.37. The SMILES string of the molecule is CSCC[C@H](NC(=O)OCC1c2ccccc2-c2ccccc21)C(=O)NC1CCOC1C(=O)O. The van der Waals surface area contributed by atoms with Gasteiger partial charge in [0.15, 0.2) is 6.10 Å². The molecule has 0 radical (unpaired) electrons. The molecule has 2 aromatic rings. The number of fused-ring (bicyclic) bond motifs is 3.